The molecule has 5 nitrogen and oxygen atoms in total. The first-order valence-corrected chi connectivity index (χ1v) is 7.47. The molecule has 0 radical (unpaired) electrons. The van der Waals surface area contributed by atoms with Crippen LogP contribution in [0.4, 0.5) is 0 Å². The molecule has 2 saturated heterocycles. The first-order chi connectivity index (χ1) is 9.55. The minimum atomic E-state index is -1.10. The Morgan fingerprint density at radius 1 is 1.55 bits per heavy atom. The molecule has 0 aromatic carbocycles. The van der Waals surface area contributed by atoms with E-state index in [-0.39, 0.29) is 24.3 Å². The lowest BCUT2D eigenvalue weighted by atomic mass is 9.69. The maximum Gasteiger partial charge on any atom is 0.226 e. The Morgan fingerprint density at radius 3 is 3.00 bits per heavy atom. The fourth-order valence-corrected chi connectivity index (χ4v) is 4.14. The van der Waals surface area contributed by atoms with Gasteiger partial charge in [0.15, 0.2) is 0 Å². The zero-order chi connectivity index (χ0) is 14.4. The van der Waals surface area contributed by atoms with Crippen LogP contribution < -0.4 is 5.32 Å². The van der Waals surface area contributed by atoms with Gasteiger partial charge < -0.3 is 20.3 Å². The van der Waals surface area contributed by atoms with E-state index in [9.17, 15) is 15.0 Å². The molecule has 2 heterocycles. The highest BCUT2D eigenvalue weighted by Gasteiger charge is 2.68. The van der Waals surface area contributed by atoms with Gasteiger partial charge in [-0.25, -0.2) is 0 Å². The summed E-state index contributed by atoms with van der Waals surface area (Å²) in [6.07, 6.45) is 6.80. The standard InChI is InChI=1S/C15H23NO4/c1-14-11(7-8-20-14)13(19)16-15(14,9-17)12(18)10-5-3-2-4-6-10/h3,5,10-12,17-18H,2,4,6-9H2,1H3,(H,16,19)/t10-,11+,12-,14+,15-/m1/s1. The molecule has 3 rings (SSSR count). The molecule has 0 saturated carbocycles. The number of nitrogens with one attached hydrogen (secondary N) is 1. The van der Waals surface area contributed by atoms with E-state index in [1.165, 1.54) is 0 Å². The van der Waals surface area contributed by atoms with Crippen molar-refractivity contribution in [2.45, 2.75) is 49.9 Å². The molecule has 2 fully saturated rings. The van der Waals surface area contributed by atoms with Crippen LogP contribution in [0.3, 0.4) is 0 Å². The summed E-state index contributed by atoms with van der Waals surface area (Å²) in [6, 6.07) is 0. The number of amides is 1. The molecule has 20 heavy (non-hydrogen) atoms. The molecule has 2 aliphatic heterocycles. The number of hydrogen-bond donors (Lipinski definition) is 3. The average Bonchev–Trinajstić information content (AvgIpc) is 2.96. The predicted molar refractivity (Wildman–Crippen MR) is 72.9 cm³/mol. The Kier molecular flexibility index (Phi) is 3.39. The molecule has 0 aromatic heterocycles. The molecule has 5 heteroatoms. The topological polar surface area (TPSA) is 78.8 Å². The van der Waals surface area contributed by atoms with Crippen LogP contribution in [0.15, 0.2) is 12.2 Å². The van der Waals surface area contributed by atoms with Gasteiger partial charge in [0.1, 0.15) is 11.1 Å². The number of aliphatic hydroxyl groups is 2. The maximum atomic E-state index is 12.2. The van der Waals surface area contributed by atoms with Crippen LogP contribution in [0.25, 0.3) is 0 Å². The van der Waals surface area contributed by atoms with Gasteiger partial charge in [0, 0.05) is 12.5 Å². The van der Waals surface area contributed by atoms with E-state index in [2.05, 4.69) is 11.4 Å². The molecular formula is C15H23NO4. The first kappa shape index (κ1) is 14.0. The van der Waals surface area contributed by atoms with Crippen LogP contribution in [0.1, 0.15) is 32.6 Å². The third kappa shape index (κ3) is 1.70. The molecule has 0 spiro atoms. The van der Waals surface area contributed by atoms with Gasteiger partial charge in [0.2, 0.25) is 5.91 Å². The molecular weight excluding hydrogens is 258 g/mol. The number of carbonyl (C=O) groups excluding carboxylic acids is 1. The van der Waals surface area contributed by atoms with Gasteiger partial charge in [0.05, 0.1) is 18.6 Å². The summed E-state index contributed by atoms with van der Waals surface area (Å²) in [7, 11) is 0. The number of hydrogen-bond acceptors (Lipinski definition) is 4. The summed E-state index contributed by atoms with van der Waals surface area (Å²) in [5, 5.41) is 23.7. The summed E-state index contributed by atoms with van der Waals surface area (Å²) in [4.78, 5) is 12.2. The highest BCUT2D eigenvalue weighted by atomic mass is 16.5. The van der Waals surface area contributed by atoms with E-state index in [0.717, 1.165) is 19.3 Å². The van der Waals surface area contributed by atoms with Crippen molar-refractivity contribution in [2.24, 2.45) is 11.8 Å². The van der Waals surface area contributed by atoms with Crippen LogP contribution in [0.5, 0.6) is 0 Å². The molecule has 1 amide bonds. The van der Waals surface area contributed by atoms with Gasteiger partial charge in [-0.3, -0.25) is 4.79 Å². The second-order valence-electron chi connectivity index (χ2n) is 6.38. The van der Waals surface area contributed by atoms with Crippen molar-refractivity contribution in [3.8, 4) is 0 Å². The minimum Gasteiger partial charge on any atom is -0.394 e. The molecule has 112 valence electrons. The van der Waals surface area contributed by atoms with Crippen molar-refractivity contribution in [2.75, 3.05) is 13.2 Å². The summed E-state index contributed by atoms with van der Waals surface area (Å²) >= 11 is 0. The van der Waals surface area contributed by atoms with E-state index < -0.39 is 17.2 Å². The van der Waals surface area contributed by atoms with Crippen LogP contribution >= 0.6 is 0 Å². The third-order valence-corrected chi connectivity index (χ3v) is 5.47. The van der Waals surface area contributed by atoms with Gasteiger partial charge in [-0.15, -0.1) is 0 Å². The van der Waals surface area contributed by atoms with Crippen LogP contribution in [-0.4, -0.2) is 46.6 Å². The van der Waals surface area contributed by atoms with Crippen molar-refractivity contribution < 1.29 is 19.7 Å². The van der Waals surface area contributed by atoms with E-state index in [1.54, 1.807) is 0 Å². The SMILES string of the molecule is C[C@]12OCC[C@H]1C(=O)N[C@]2(CO)[C@H](O)[C@@H]1C=CCCC1. The average molecular weight is 281 g/mol. The number of rotatable bonds is 3. The summed E-state index contributed by atoms with van der Waals surface area (Å²) in [5.41, 5.74) is -1.93. The second kappa shape index (κ2) is 4.83. The molecule has 0 unspecified atom stereocenters. The lowest BCUT2D eigenvalue weighted by molar-refractivity contribution is -0.126. The van der Waals surface area contributed by atoms with Crippen LogP contribution in [0.2, 0.25) is 0 Å². The monoisotopic (exact) mass is 281 g/mol. The zero-order valence-corrected chi connectivity index (χ0v) is 11.8. The Morgan fingerprint density at radius 2 is 2.35 bits per heavy atom. The van der Waals surface area contributed by atoms with Crippen molar-refractivity contribution in [1.82, 2.24) is 5.32 Å². The fraction of sp³-hybridized carbons (Fsp3) is 0.800. The molecule has 5 atom stereocenters. The third-order valence-electron chi connectivity index (χ3n) is 5.47. The van der Waals surface area contributed by atoms with E-state index >= 15 is 0 Å². The van der Waals surface area contributed by atoms with Crippen LogP contribution in [0, 0.1) is 11.8 Å². The number of fused-ring (bicyclic) bond motifs is 1. The summed E-state index contributed by atoms with van der Waals surface area (Å²) in [6.45, 7) is 2.04. The zero-order valence-electron chi connectivity index (χ0n) is 11.8. The van der Waals surface area contributed by atoms with E-state index in [0.29, 0.717) is 13.0 Å². The lowest BCUT2D eigenvalue weighted by Crippen LogP contribution is -2.68. The van der Waals surface area contributed by atoms with Crippen molar-refractivity contribution in [1.29, 1.82) is 0 Å². The molecule has 3 N–H and O–H groups in total. The number of carbonyl (C=O) groups is 1. The largest absolute Gasteiger partial charge is 0.394 e. The second-order valence-corrected chi connectivity index (χ2v) is 6.38. The number of ether oxygens (including phenoxy) is 1. The predicted octanol–water partition coefficient (Wildman–Crippen LogP) is 0.360. The van der Waals surface area contributed by atoms with Gasteiger partial charge >= 0.3 is 0 Å². The van der Waals surface area contributed by atoms with Crippen LogP contribution in [-0.2, 0) is 9.53 Å². The Bertz CT molecular complexity index is 438. The highest BCUT2D eigenvalue weighted by molar-refractivity contribution is 5.85. The molecule has 0 aromatic rings. The number of aliphatic hydroxyl groups excluding tert-OH is 2. The van der Waals surface area contributed by atoms with Gasteiger partial charge in [-0.05, 0) is 32.6 Å². The van der Waals surface area contributed by atoms with Crippen molar-refractivity contribution in [3.63, 3.8) is 0 Å². The minimum absolute atomic E-state index is 0.0454. The maximum absolute atomic E-state index is 12.2. The quantitative estimate of drug-likeness (QED) is 0.653. The molecule has 1 aliphatic carbocycles. The first-order valence-electron chi connectivity index (χ1n) is 7.47. The Labute approximate surface area is 119 Å². The normalized spacial score (nSPS) is 45.2. The molecule has 3 aliphatic rings. The fourth-order valence-electron chi connectivity index (χ4n) is 4.14. The lowest BCUT2D eigenvalue weighted by Gasteiger charge is -2.46. The van der Waals surface area contributed by atoms with Crippen molar-refractivity contribution in [3.05, 3.63) is 12.2 Å². The Balaban J connectivity index is 1.96. The Hall–Kier alpha value is -0.910. The number of allylic oxidation sites excluding steroid dienone is 1. The highest BCUT2D eigenvalue weighted by Crippen LogP contribution is 2.48. The van der Waals surface area contributed by atoms with Gasteiger partial charge in [-0.1, -0.05) is 12.2 Å². The van der Waals surface area contributed by atoms with E-state index in [4.69, 9.17) is 4.74 Å². The van der Waals surface area contributed by atoms with Gasteiger partial charge in [-0.2, -0.15) is 0 Å². The summed E-state index contributed by atoms with van der Waals surface area (Å²) < 4.78 is 5.83. The molecule has 0 bridgehead atoms. The van der Waals surface area contributed by atoms with Crippen molar-refractivity contribution >= 4 is 5.91 Å². The van der Waals surface area contributed by atoms with E-state index in [1.807, 2.05) is 13.0 Å². The van der Waals surface area contributed by atoms with Gasteiger partial charge in [0.25, 0.3) is 0 Å². The smallest absolute Gasteiger partial charge is 0.226 e. The summed E-state index contributed by atoms with van der Waals surface area (Å²) in [5.74, 6) is -0.439.